The van der Waals surface area contributed by atoms with Crippen LogP contribution >= 0.6 is 11.3 Å². The normalized spacial score (nSPS) is 14.7. The molecule has 1 aliphatic rings. The zero-order chi connectivity index (χ0) is 21.8. The van der Waals surface area contributed by atoms with E-state index >= 15 is 0 Å². The van der Waals surface area contributed by atoms with Crippen LogP contribution in [0, 0.1) is 13.8 Å². The maximum Gasteiger partial charge on any atom is 0.260 e. The molecule has 0 saturated carbocycles. The number of hydrogen-bond acceptors (Lipinski definition) is 6. The Morgan fingerprint density at radius 2 is 2.03 bits per heavy atom. The number of carbonyl (C=O) groups is 1. The Morgan fingerprint density at radius 1 is 1.23 bits per heavy atom. The molecule has 0 atom stereocenters. The van der Waals surface area contributed by atoms with Crippen LogP contribution in [0.2, 0.25) is 0 Å². The first-order chi connectivity index (χ1) is 15.0. The summed E-state index contributed by atoms with van der Waals surface area (Å²) in [7, 11) is 1.61. The second-order valence-electron chi connectivity index (χ2n) is 7.92. The van der Waals surface area contributed by atoms with E-state index in [1.165, 1.54) is 5.56 Å². The van der Waals surface area contributed by atoms with Gasteiger partial charge in [-0.25, -0.2) is 4.98 Å². The van der Waals surface area contributed by atoms with E-state index in [0.717, 1.165) is 60.2 Å². The van der Waals surface area contributed by atoms with Crippen molar-refractivity contribution in [1.29, 1.82) is 0 Å². The predicted molar refractivity (Wildman–Crippen MR) is 126 cm³/mol. The minimum atomic E-state index is -0.0469. The monoisotopic (exact) mass is 439 g/mol. The molecule has 1 saturated heterocycles. The number of nitrogens with zero attached hydrogens (tertiary/aromatic N) is 3. The summed E-state index contributed by atoms with van der Waals surface area (Å²) in [6.07, 6.45) is 0.879. The summed E-state index contributed by atoms with van der Waals surface area (Å²) in [5, 5.41) is 0.749. The Morgan fingerprint density at radius 3 is 2.81 bits per heavy atom. The van der Waals surface area contributed by atoms with Crippen LogP contribution in [0.25, 0.3) is 10.2 Å². The molecule has 0 N–H and O–H groups in total. The number of hydrogen-bond donors (Lipinski definition) is 0. The summed E-state index contributed by atoms with van der Waals surface area (Å²) in [5.41, 5.74) is 3.93. The number of methoxy groups -OCH3 is 1. The molecule has 1 aromatic heterocycles. The lowest BCUT2D eigenvalue weighted by molar-refractivity contribution is 0.0376. The molecule has 164 valence electrons. The van der Waals surface area contributed by atoms with Crippen molar-refractivity contribution < 1.29 is 14.3 Å². The van der Waals surface area contributed by atoms with Crippen molar-refractivity contribution in [2.45, 2.75) is 20.3 Å². The minimum Gasteiger partial charge on any atom is -0.497 e. The van der Waals surface area contributed by atoms with Gasteiger partial charge in [-0.1, -0.05) is 23.5 Å². The van der Waals surface area contributed by atoms with Gasteiger partial charge in [-0.2, -0.15) is 0 Å². The summed E-state index contributed by atoms with van der Waals surface area (Å²) in [5.74, 6) is 0.629. The van der Waals surface area contributed by atoms with E-state index in [-0.39, 0.29) is 5.91 Å². The molecule has 1 fully saturated rings. The highest BCUT2D eigenvalue weighted by Crippen LogP contribution is 2.32. The van der Waals surface area contributed by atoms with Crippen molar-refractivity contribution >= 4 is 32.6 Å². The Kier molecular flexibility index (Phi) is 6.85. The van der Waals surface area contributed by atoms with Crippen molar-refractivity contribution in [3.05, 3.63) is 53.1 Å². The SMILES string of the molecule is COc1cccc(C(=O)N(CCCN2CCOCC2)c2nc3c(C)cc(C)cc3s2)c1. The third-order valence-electron chi connectivity index (χ3n) is 5.57. The molecule has 0 spiro atoms. The van der Waals surface area contributed by atoms with E-state index in [4.69, 9.17) is 14.5 Å². The van der Waals surface area contributed by atoms with Gasteiger partial charge >= 0.3 is 0 Å². The molecule has 2 heterocycles. The van der Waals surface area contributed by atoms with Crippen LogP contribution in [0.3, 0.4) is 0 Å². The van der Waals surface area contributed by atoms with Crippen molar-refractivity contribution in [3.63, 3.8) is 0 Å². The van der Waals surface area contributed by atoms with Gasteiger partial charge in [0.2, 0.25) is 0 Å². The van der Waals surface area contributed by atoms with Crippen LogP contribution in [-0.2, 0) is 4.74 Å². The molecule has 2 aromatic carbocycles. The van der Waals surface area contributed by atoms with Crippen LogP contribution in [0.4, 0.5) is 5.13 Å². The van der Waals surface area contributed by atoms with Gasteiger partial charge in [-0.15, -0.1) is 0 Å². The van der Waals surface area contributed by atoms with Crippen LogP contribution in [0.5, 0.6) is 5.75 Å². The van der Waals surface area contributed by atoms with Gasteiger partial charge in [-0.05, 0) is 55.7 Å². The number of thiazole rings is 1. The predicted octanol–water partition coefficient (Wildman–Crippen LogP) is 4.29. The van der Waals surface area contributed by atoms with Crippen molar-refractivity contribution in [2.24, 2.45) is 0 Å². The molecule has 1 aliphatic heterocycles. The van der Waals surface area contributed by atoms with E-state index in [9.17, 15) is 4.79 Å². The Labute approximate surface area is 187 Å². The van der Waals surface area contributed by atoms with Gasteiger partial charge in [0.1, 0.15) is 5.75 Å². The summed E-state index contributed by atoms with van der Waals surface area (Å²) in [4.78, 5) is 22.6. The number of anilines is 1. The fraction of sp³-hybridized carbons (Fsp3) is 0.417. The zero-order valence-electron chi connectivity index (χ0n) is 18.4. The smallest absolute Gasteiger partial charge is 0.260 e. The van der Waals surface area contributed by atoms with Crippen LogP contribution in [-0.4, -0.2) is 62.3 Å². The summed E-state index contributed by atoms with van der Waals surface area (Å²) in [6, 6.07) is 11.6. The number of benzene rings is 2. The first kappa shape index (κ1) is 21.7. The molecule has 3 aromatic rings. The number of amides is 1. The quantitative estimate of drug-likeness (QED) is 0.550. The maximum absolute atomic E-state index is 13.5. The Balaban J connectivity index is 1.61. The lowest BCUT2D eigenvalue weighted by Gasteiger charge is -2.27. The zero-order valence-corrected chi connectivity index (χ0v) is 19.2. The lowest BCUT2D eigenvalue weighted by atomic mass is 10.1. The van der Waals surface area contributed by atoms with Gasteiger partial charge in [-0.3, -0.25) is 14.6 Å². The first-order valence-electron chi connectivity index (χ1n) is 10.7. The summed E-state index contributed by atoms with van der Waals surface area (Å²) >= 11 is 1.58. The Bertz CT molecular complexity index is 1060. The van der Waals surface area contributed by atoms with Crippen LogP contribution in [0.15, 0.2) is 36.4 Å². The number of morpholine rings is 1. The number of rotatable bonds is 7. The fourth-order valence-corrected chi connectivity index (χ4v) is 5.11. The molecular weight excluding hydrogens is 410 g/mol. The number of fused-ring (bicyclic) bond motifs is 1. The molecule has 0 radical (unpaired) electrons. The third-order valence-corrected chi connectivity index (χ3v) is 6.60. The molecule has 31 heavy (non-hydrogen) atoms. The van der Waals surface area contributed by atoms with E-state index < -0.39 is 0 Å². The topological polar surface area (TPSA) is 54.9 Å². The molecule has 0 unspecified atom stereocenters. The van der Waals surface area contributed by atoms with Gasteiger partial charge < -0.3 is 9.47 Å². The van der Waals surface area contributed by atoms with Crippen LogP contribution < -0.4 is 9.64 Å². The number of aromatic nitrogens is 1. The van der Waals surface area contributed by atoms with Gasteiger partial charge in [0.25, 0.3) is 5.91 Å². The van der Waals surface area contributed by atoms with Gasteiger partial charge in [0.15, 0.2) is 5.13 Å². The van der Waals surface area contributed by atoms with E-state index in [1.807, 2.05) is 23.1 Å². The molecule has 7 heteroatoms. The van der Waals surface area contributed by atoms with Crippen molar-refractivity contribution in [1.82, 2.24) is 9.88 Å². The highest BCUT2D eigenvalue weighted by atomic mass is 32.1. The highest BCUT2D eigenvalue weighted by Gasteiger charge is 2.23. The molecule has 6 nitrogen and oxygen atoms in total. The maximum atomic E-state index is 13.5. The van der Waals surface area contributed by atoms with E-state index in [1.54, 1.807) is 24.5 Å². The first-order valence-corrected chi connectivity index (χ1v) is 11.5. The molecule has 4 rings (SSSR count). The average Bonchev–Trinajstić information content (AvgIpc) is 3.21. The third kappa shape index (κ3) is 5.06. The van der Waals surface area contributed by atoms with Crippen LogP contribution in [0.1, 0.15) is 27.9 Å². The lowest BCUT2D eigenvalue weighted by Crippen LogP contribution is -2.39. The average molecular weight is 440 g/mol. The number of aryl methyl sites for hydroxylation is 2. The number of ether oxygens (including phenoxy) is 2. The molecule has 0 bridgehead atoms. The largest absolute Gasteiger partial charge is 0.497 e. The highest BCUT2D eigenvalue weighted by molar-refractivity contribution is 7.22. The minimum absolute atomic E-state index is 0.0469. The van der Waals surface area contributed by atoms with Gasteiger partial charge in [0, 0.05) is 31.7 Å². The molecule has 1 amide bonds. The fourth-order valence-electron chi connectivity index (χ4n) is 3.95. The van der Waals surface area contributed by atoms with Crippen molar-refractivity contribution in [2.75, 3.05) is 51.4 Å². The van der Waals surface area contributed by atoms with Gasteiger partial charge in [0.05, 0.1) is 30.5 Å². The second-order valence-corrected chi connectivity index (χ2v) is 8.93. The number of carbonyl (C=O) groups excluding carboxylic acids is 1. The van der Waals surface area contributed by atoms with Crippen molar-refractivity contribution in [3.8, 4) is 5.75 Å². The Hall–Kier alpha value is -2.48. The summed E-state index contributed by atoms with van der Waals surface area (Å²) in [6.45, 7) is 9.18. The summed E-state index contributed by atoms with van der Waals surface area (Å²) < 4.78 is 11.9. The second kappa shape index (κ2) is 9.77. The molecule has 0 aliphatic carbocycles. The van der Waals surface area contributed by atoms with E-state index in [0.29, 0.717) is 17.9 Å². The van der Waals surface area contributed by atoms with E-state index in [2.05, 4.69) is 30.9 Å². The standard InChI is InChI=1S/C24H29N3O3S/c1-17-14-18(2)22-21(15-17)31-24(25-22)27(9-5-8-26-10-12-30-13-11-26)23(28)19-6-4-7-20(16-19)29-3/h4,6-7,14-16H,5,8-13H2,1-3H3. The molecular formula is C24H29N3O3S.